The van der Waals surface area contributed by atoms with Gasteiger partial charge in [0, 0.05) is 12.5 Å². The molecule has 0 unspecified atom stereocenters. The first-order valence-electron chi connectivity index (χ1n) is 21.8. The fourth-order valence-electron chi connectivity index (χ4n) is 6.82. The number of hydrogen-bond donors (Lipinski definition) is 1. The molecule has 0 aromatic carbocycles. The van der Waals surface area contributed by atoms with Crippen molar-refractivity contribution in [3.05, 3.63) is 0 Å². The van der Waals surface area contributed by atoms with E-state index in [1.807, 2.05) is 0 Å². The highest BCUT2D eigenvalue weighted by atomic mass is 16.3. The summed E-state index contributed by atoms with van der Waals surface area (Å²) in [5, 5.41) is 9.49. The molecule has 0 amide bonds. The molecule has 0 aromatic heterocycles. The van der Waals surface area contributed by atoms with Crippen LogP contribution in [0.4, 0.5) is 0 Å². The lowest BCUT2D eigenvalue weighted by atomic mass is 9.95. The van der Waals surface area contributed by atoms with Crippen molar-refractivity contribution in [3.63, 3.8) is 0 Å². The Balaban J connectivity index is 0. The van der Waals surface area contributed by atoms with E-state index in [-0.39, 0.29) is 0 Å². The summed E-state index contributed by atoms with van der Waals surface area (Å²) in [7, 11) is 0. The monoisotopic (exact) mass is 651 g/mol. The lowest BCUT2D eigenvalue weighted by Gasteiger charge is -2.13. The van der Waals surface area contributed by atoms with Gasteiger partial charge in [-0.15, -0.1) is 0 Å². The van der Waals surface area contributed by atoms with Crippen LogP contribution in [0.1, 0.15) is 259 Å². The average Bonchev–Trinajstić information content (AvgIpc) is 3.07. The molecule has 0 aromatic rings. The maximum atomic E-state index is 11.1. The summed E-state index contributed by atoms with van der Waals surface area (Å²) < 4.78 is 0. The molecule has 0 spiro atoms. The van der Waals surface area contributed by atoms with E-state index in [9.17, 15) is 9.90 Å². The molecule has 0 heterocycles. The molecule has 0 aliphatic rings. The van der Waals surface area contributed by atoms with E-state index in [2.05, 4.69) is 27.7 Å². The van der Waals surface area contributed by atoms with Gasteiger partial charge in [-0.05, 0) is 31.6 Å². The van der Waals surface area contributed by atoms with E-state index < -0.39 is 0 Å². The minimum Gasteiger partial charge on any atom is -0.396 e. The van der Waals surface area contributed by atoms with E-state index in [0.717, 1.165) is 12.8 Å². The van der Waals surface area contributed by atoms with Crippen LogP contribution in [0.2, 0.25) is 0 Å². The second kappa shape index (κ2) is 44.6. The third-order valence-corrected chi connectivity index (χ3v) is 10.2. The summed E-state index contributed by atoms with van der Waals surface area (Å²) in [6, 6.07) is 0. The second-order valence-corrected chi connectivity index (χ2v) is 15.0. The molecule has 0 radical (unpaired) electrons. The van der Waals surface area contributed by atoms with E-state index in [4.69, 9.17) is 0 Å². The van der Waals surface area contributed by atoms with Gasteiger partial charge < -0.3 is 9.90 Å². The quantitative estimate of drug-likeness (QED) is 0.0533. The van der Waals surface area contributed by atoms with Gasteiger partial charge in [0.05, 0.1) is 0 Å². The molecule has 0 bridgehead atoms. The van der Waals surface area contributed by atoms with E-state index in [1.165, 1.54) is 225 Å². The zero-order valence-corrected chi connectivity index (χ0v) is 32.8. The first-order chi connectivity index (χ1) is 22.7. The van der Waals surface area contributed by atoms with Crippen molar-refractivity contribution < 1.29 is 9.90 Å². The molecule has 0 aliphatic carbocycles. The molecule has 2 nitrogen and oxygen atoms in total. The fraction of sp³-hybridized carbons (Fsp3) is 0.977. The van der Waals surface area contributed by atoms with E-state index in [1.54, 1.807) is 0 Å². The molecule has 2 heteroatoms. The number of aliphatic hydroxyl groups is 1. The summed E-state index contributed by atoms with van der Waals surface area (Å²) >= 11 is 0. The number of aliphatic hydroxyl groups excluding tert-OH is 1. The van der Waals surface area contributed by atoms with Crippen molar-refractivity contribution >= 4 is 6.29 Å². The first kappa shape index (κ1) is 47.7. The van der Waals surface area contributed by atoms with Gasteiger partial charge in [-0.2, -0.15) is 0 Å². The molecule has 1 N–H and O–H groups in total. The molecule has 46 heavy (non-hydrogen) atoms. The molecule has 0 saturated heterocycles. The number of unbranched alkanes of at least 4 members (excludes halogenated alkanes) is 28. The Bertz CT molecular complexity index is 518. The first-order valence-corrected chi connectivity index (χ1v) is 21.8. The highest BCUT2D eigenvalue weighted by Gasteiger charge is 2.08. The number of carbonyl (C=O) groups excluding carboxylic acids is 1. The van der Waals surface area contributed by atoms with Gasteiger partial charge in [-0.1, -0.05) is 233 Å². The number of aldehydes is 1. The summed E-state index contributed by atoms with van der Waals surface area (Å²) in [5.41, 5.74) is 0. The zero-order valence-electron chi connectivity index (χ0n) is 32.8. The topological polar surface area (TPSA) is 37.3 Å². The third kappa shape index (κ3) is 41.7. The summed E-state index contributed by atoms with van der Waals surface area (Å²) in [4.78, 5) is 11.1. The van der Waals surface area contributed by atoms with Crippen molar-refractivity contribution in [2.75, 3.05) is 6.61 Å². The van der Waals surface area contributed by atoms with Crippen molar-refractivity contribution in [3.8, 4) is 0 Å². The minimum atomic E-state index is 0.343. The van der Waals surface area contributed by atoms with Crippen molar-refractivity contribution in [2.45, 2.75) is 259 Å². The highest BCUT2D eigenvalue weighted by molar-refractivity contribution is 5.53. The SMILES string of the molecule is CCCCCCCCCCCCC[C@H](C=O)CCCCCCC.CCCCCCCCCCCCC[C@H](CO)CCCCCCC. The van der Waals surface area contributed by atoms with Crippen LogP contribution >= 0.6 is 0 Å². The Hall–Kier alpha value is -0.370. The number of rotatable bonds is 38. The minimum absolute atomic E-state index is 0.343. The molecular formula is C44H90O2. The van der Waals surface area contributed by atoms with Crippen molar-refractivity contribution in [2.24, 2.45) is 11.8 Å². The van der Waals surface area contributed by atoms with Gasteiger partial charge in [-0.25, -0.2) is 0 Å². The van der Waals surface area contributed by atoms with Gasteiger partial charge in [0.25, 0.3) is 0 Å². The molecule has 278 valence electrons. The largest absolute Gasteiger partial charge is 0.396 e. The predicted octanol–water partition coefficient (Wildman–Crippen LogP) is 15.5. The van der Waals surface area contributed by atoms with Gasteiger partial charge in [0.1, 0.15) is 6.29 Å². The van der Waals surface area contributed by atoms with Gasteiger partial charge in [0.2, 0.25) is 0 Å². The normalized spacial score (nSPS) is 12.5. The molecule has 0 rings (SSSR count). The van der Waals surface area contributed by atoms with Crippen molar-refractivity contribution in [1.82, 2.24) is 0 Å². The zero-order chi connectivity index (χ0) is 34.0. The average molecular weight is 651 g/mol. The van der Waals surface area contributed by atoms with Crippen LogP contribution in [0.5, 0.6) is 0 Å². The lowest BCUT2D eigenvalue weighted by Crippen LogP contribution is -2.06. The van der Waals surface area contributed by atoms with Gasteiger partial charge in [0.15, 0.2) is 0 Å². The highest BCUT2D eigenvalue weighted by Crippen LogP contribution is 2.20. The summed E-state index contributed by atoms with van der Waals surface area (Å²) in [5.74, 6) is 0.922. The van der Waals surface area contributed by atoms with Crippen LogP contribution in [-0.4, -0.2) is 18.0 Å². The van der Waals surface area contributed by atoms with Crippen LogP contribution < -0.4 is 0 Å². The fourth-order valence-corrected chi connectivity index (χ4v) is 6.82. The maximum Gasteiger partial charge on any atom is 0.123 e. The Labute approximate surface area is 292 Å². The molecule has 0 fully saturated rings. The number of carbonyl (C=O) groups is 1. The van der Waals surface area contributed by atoms with Gasteiger partial charge in [-0.3, -0.25) is 0 Å². The van der Waals surface area contributed by atoms with Crippen LogP contribution in [0.3, 0.4) is 0 Å². The summed E-state index contributed by atoms with van der Waals surface area (Å²) in [6.45, 7) is 9.49. The van der Waals surface area contributed by atoms with Crippen LogP contribution in [-0.2, 0) is 4.79 Å². The molecule has 0 saturated carbocycles. The van der Waals surface area contributed by atoms with Crippen LogP contribution in [0.25, 0.3) is 0 Å². The van der Waals surface area contributed by atoms with Crippen LogP contribution in [0.15, 0.2) is 0 Å². The maximum absolute atomic E-state index is 11.1. The predicted molar refractivity (Wildman–Crippen MR) is 209 cm³/mol. The summed E-state index contributed by atoms with van der Waals surface area (Å²) in [6.07, 6.45) is 50.1. The molecule has 0 aliphatic heterocycles. The Morgan fingerprint density at radius 2 is 0.565 bits per heavy atom. The van der Waals surface area contributed by atoms with E-state index >= 15 is 0 Å². The standard InChI is InChI=1S/C22H46O.C22H44O/c2*1-3-5-7-9-10-11-12-13-14-16-18-20-22(21-23)19-17-15-8-6-4-2/h22-23H,3-21H2,1-2H3;21-22H,3-20H2,1-2H3/t2*22-/m11/s1. The Kier molecular flexibility index (Phi) is 46.3. The third-order valence-electron chi connectivity index (χ3n) is 10.2. The van der Waals surface area contributed by atoms with Crippen LogP contribution in [0, 0.1) is 11.8 Å². The molecule has 2 atom stereocenters. The Morgan fingerprint density at radius 3 is 0.783 bits per heavy atom. The molecular weight excluding hydrogens is 560 g/mol. The second-order valence-electron chi connectivity index (χ2n) is 15.0. The van der Waals surface area contributed by atoms with Gasteiger partial charge >= 0.3 is 0 Å². The van der Waals surface area contributed by atoms with E-state index in [0.29, 0.717) is 18.4 Å². The number of hydrogen-bond acceptors (Lipinski definition) is 2. The smallest absolute Gasteiger partial charge is 0.123 e. The van der Waals surface area contributed by atoms with Crippen molar-refractivity contribution in [1.29, 1.82) is 0 Å². The Morgan fingerprint density at radius 1 is 0.348 bits per heavy atom. The lowest BCUT2D eigenvalue weighted by molar-refractivity contribution is -0.111.